The number of H-pyrrole nitrogens is 1. The van der Waals surface area contributed by atoms with Crippen LogP contribution in [0, 0.1) is 20.8 Å². The number of carbonyl (C=O) groups excluding carboxylic acids is 1. The first kappa shape index (κ1) is 31.3. The molecule has 0 saturated heterocycles. The SMILES string of the molecule is C.CCCc1c[nH]c2c(C)cccc12.Cc1ccc(Nc2ccnc3c2CCC3SC(=O)OC(C)(C)C)cc1C. The number of fused-ring (bicyclic) bond motifs is 2. The van der Waals surface area contributed by atoms with Crippen LogP contribution in [0.15, 0.2) is 54.9 Å². The molecule has 2 heterocycles. The number of benzene rings is 2. The number of carbonyl (C=O) groups is 1. The molecule has 0 bridgehead atoms. The Morgan fingerprint density at radius 2 is 1.88 bits per heavy atom. The van der Waals surface area contributed by atoms with Crippen LogP contribution in [-0.4, -0.2) is 20.9 Å². The Morgan fingerprint density at radius 3 is 2.58 bits per heavy atom. The molecule has 0 fully saturated rings. The van der Waals surface area contributed by atoms with E-state index in [0.29, 0.717) is 0 Å². The van der Waals surface area contributed by atoms with Crippen LogP contribution in [0.5, 0.6) is 0 Å². The Balaban J connectivity index is 0.000000264. The standard InChI is InChI=1S/C21H26N2O2S.C12H15N.CH4/c1-13-6-7-15(12-14(13)2)23-17-10-11-22-19-16(17)8-9-18(19)26-20(24)25-21(3,4)5;1-3-5-10-8-13-12-9(2)6-4-7-11(10)12;/h6-7,10-12,18H,8-9H2,1-5H3,(H,22,23);4,6-8,13H,3,5H2,1-2H3;1H4. The molecular weight excluding hydrogens is 514 g/mol. The molecule has 2 N–H and O–H groups in total. The van der Waals surface area contributed by atoms with Crippen molar-refractivity contribution in [2.75, 3.05) is 5.32 Å². The third kappa shape index (κ3) is 7.69. The van der Waals surface area contributed by atoms with E-state index in [2.05, 4.69) is 85.6 Å². The molecule has 5 nitrogen and oxygen atoms in total. The molecule has 5 rings (SSSR count). The minimum absolute atomic E-state index is 0. The van der Waals surface area contributed by atoms with Gasteiger partial charge in [0.25, 0.3) is 0 Å². The van der Waals surface area contributed by atoms with Crippen molar-refractivity contribution in [3.8, 4) is 0 Å². The maximum absolute atomic E-state index is 12.2. The fourth-order valence-corrected chi connectivity index (χ4v) is 5.98. The van der Waals surface area contributed by atoms with Crippen molar-refractivity contribution >= 4 is 39.3 Å². The van der Waals surface area contributed by atoms with E-state index in [1.54, 1.807) is 0 Å². The van der Waals surface area contributed by atoms with Crippen molar-refractivity contribution in [2.45, 2.75) is 92.4 Å². The molecule has 4 aromatic rings. The molecule has 0 saturated carbocycles. The minimum atomic E-state index is -0.467. The van der Waals surface area contributed by atoms with Gasteiger partial charge < -0.3 is 15.0 Å². The second-order valence-corrected chi connectivity index (χ2v) is 12.5. The zero-order valence-electron chi connectivity index (χ0n) is 24.3. The van der Waals surface area contributed by atoms with E-state index in [1.165, 1.54) is 63.3 Å². The summed E-state index contributed by atoms with van der Waals surface area (Å²) in [6.45, 7) is 14.3. The zero-order valence-corrected chi connectivity index (χ0v) is 25.1. The number of thioether (sulfide) groups is 1. The maximum atomic E-state index is 12.2. The number of anilines is 2. The van der Waals surface area contributed by atoms with Crippen molar-refractivity contribution in [1.82, 2.24) is 9.97 Å². The molecule has 1 unspecified atom stereocenters. The number of pyridine rings is 1. The monoisotopic (exact) mass is 559 g/mol. The number of hydrogen-bond donors (Lipinski definition) is 2. The molecule has 0 spiro atoms. The molecule has 2 aromatic carbocycles. The lowest BCUT2D eigenvalue weighted by Crippen LogP contribution is -2.21. The summed E-state index contributed by atoms with van der Waals surface area (Å²) in [4.78, 5) is 20.1. The highest BCUT2D eigenvalue weighted by Crippen LogP contribution is 2.44. The number of hydrogen-bond acceptors (Lipinski definition) is 5. The smallest absolute Gasteiger partial charge is 0.368 e. The fourth-order valence-electron chi connectivity index (χ4n) is 4.90. The molecule has 6 heteroatoms. The number of ether oxygens (including phenoxy) is 1. The van der Waals surface area contributed by atoms with Gasteiger partial charge in [0, 0.05) is 34.7 Å². The number of aromatic amines is 1. The van der Waals surface area contributed by atoms with E-state index in [9.17, 15) is 4.79 Å². The Labute approximate surface area is 244 Å². The van der Waals surface area contributed by atoms with E-state index >= 15 is 0 Å². The number of para-hydroxylation sites is 1. The average Bonchev–Trinajstić information content (AvgIpc) is 3.47. The van der Waals surface area contributed by atoms with Gasteiger partial charge in [0.05, 0.1) is 10.9 Å². The highest BCUT2D eigenvalue weighted by atomic mass is 32.2. The van der Waals surface area contributed by atoms with Gasteiger partial charge in [-0.05, 0) is 119 Å². The van der Waals surface area contributed by atoms with Gasteiger partial charge in [-0.2, -0.15) is 0 Å². The van der Waals surface area contributed by atoms with Gasteiger partial charge in [-0.25, -0.2) is 4.79 Å². The van der Waals surface area contributed by atoms with Gasteiger partial charge >= 0.3 is 5.30 Å². The van der Waals surface area contributed by atoms with Crippen molar-refractivity contribution in [3.63, 3.8) is 0 Å². The van der Waals surface area contributed by atoms with Crippen molar-refractivity contribution in [1.29, 1.82) is 0 Å². The normalized spacial score (nSPS) is 14.1. The van der Waals surface area contributed by atoms with Gasteiger partial charge in [-0.15, -0.1) is 0 Å². The van der Waals surface area contributed by atoms with Crippen molar-refractivity contribution in [3.05, 3.63) is 88.4 Å². The van der Waals surface area contributed by atoms with E-state index in [0.717, 1.165) is 29.9 Å². The Hall–Kier alpha value is -3.25. The summed E-state index contributed by atoms with van der Waals surface area (Å²) >= 11 is 1.24. The molecule has 0 radical (unpaired) electrons. The summed E-state index contributed by atoms with van der Waals surface area (Å²) in [5.41, 5.74) is 10.5. The molecule has 1 atom stereocenters. The fraction of sp³-hybridized carbons (Fsp3) is 0.412. The van der Waals surface area contributed by atoms with Crippen LogP contribution >= 0.6 is 11.8 Å². The van der Waals surface area contributed by atoms with Gasteiger partial charge in [0.2, 0.25) is 0 Å². The minimum Gasteiger partial charge on any atom is -0.452 e. The second kappa shape index (κ2) is 13.4. The van der Waals surface area contributed by atoms with E-state index in [4.69, 9.17) is 4.74 Å². The first-order chi connectivity index (χ1) is 18.6. The van der Waals surface area contributed by atoms with Crippen LogP contribution in [0.25, 0.3) is 10.9 Å². The highest BCUT2D eigenvalue weighted by Gasteiger charge is 2.30. The highest BCUT2D eigenvalue weighted by molar-refractivity contribution is 8.13. The van der Waals surface area contributed by atoms with E-state index in [-0.39, 0.29) is 18.0 Å². The van der Waals surface area contributed by atoms with E-state index in [1.807, 2.05) is 33.0 Å². The predicted molar refractivity (Wildman–Crippen MR) is 172 cm³/mol. The Bertz CT molecular complexity index is 1450. The van der Waals surface area contributed by atoms with Crippen LogP contribution < -0.4 is 5.32 Å². The zero-order chi connectivity index (χ0) is 28.2. The average molecular weight is 560 g/mol. The summed E-state index contributed by atoms with van der Waals surface area (Å²) in [5, 5.41) is 4.73. The molecule has 1 aliphatic carbocycles. The summed E-state index contributed by atoms with van der Waals surface area (Å²) in [7, 11) is 0. The van der Waals surface area contributed by atoms with Crippen LogP contribution in [0.4, 0.5) is 16.2 Å². The lowest BCUT2D eigenvalue weighted by atomic mass is 10.1. The van der Waals surface area contributed by atoms with Crippen LogP contribution in [0.1, 0.15) is 86.7 Å². The summed E-state index contributed by atoms with van der Waals surface area (Å²) in [5.74, 6) is 0. The number of aromatic nitrogens is 2. The molecule has 1 aliphatic rings. The second-order valence-electron chi connectivity index (χ2n) is 11.3. The predicted octanol–water partition coefficient (Wildman–Crippen LogP) is 10.2. The number of aryl methyl sites for hydroxylation is 4. The molecule has 214 valence electrons. The third-order valence-corrected chi connectivity index (χ3v) is 8.01. The van der Waals surface area contributed by atoms with Gasteiger partial charge in [-0.1, -0.05) is 45.0 Å². The summed E-state index contributed by atoms with van der Waals surface area (Å²) in [6.07, 6.45) is 8.15. The Morgan fingerprint density at radius 1 is 1.10 bits per heavy atom. The van der Waals surface area contributed by atoms with Gasteiger partial charge in [-0.3, -0.25) is 4.98 Å². The van der Waals surface area contributed by atoms with Gasteiger partial charge in [0.1, 0.15) is 5.60 Å². The van der Waals surface area contributed by atoms with E-state index < -0.39 is 5.60 Å². The maximum Gasteiger partial charge on any atom is 0.368 e. The first-order valence-corrected chi connectivity index (χ1v) is 14.7. The largest absolute Gasteiger partial charge is 0.452 e. The number of nitrogens with zero attached hydrogens (tertiary/aromatic N) is 1. The Kier molecular flexibility index (Phi) is 10.5. The summed E-state index contributed by atoms with van der Waals surface area (Å²) < 4.78 is 5.45. The summed E-state index contributed by atoms with van der Waals surface area (Å²) in [6, 6.07) is 14.9. The van der Waals surface area contributed by atoms with Crippen LogP contribution in [-0.2, 0) is 17.6 Å². The van der Waals surface area contributed by atoms with Crippen LogP contribution in [0.3, 0.4) is 0 Å². The number of rotatable bonds is 5. The van der Waals surface area contributed by atoms with Crippen molar-refractivity contribution in [2.24, 2.45) is 0 Å². The quantitative estimate of drug-likeness (QED) is 0.238. The molecule has 0 amide bonds. The molecule has 2 aromatic heterocycles. The molecule has 0 aliphatic heterocycles. The third-order valence-electron chi connectivity index (χ3n) is 6.99. The van der Waals surface area contributed by atoms with Crippen molar-refractivity contribution < 1.29 is 9.53 Å². The van der Waals surface area contributed by atoms with Gasteiger partial charge in [0.15, 0.2) is 0 Å². The lowest BCUT2D eigenvalue weighted by Gasteiger charge is -2.20. The first-order valence-electron chi connectivity index (χ1n) is 13.8. The van der Waals surface area contributed by atoms with Crippen LogP contribution in [0.2, 0.25) is 0 Å². The molecule has 40 heavy (non-hydrogen) atoms. The topological polar surface area (TPSA) is 67.0 Å². The number of nitrogens with one attached hydrogen (secondary N) is 2. The molecular formula is C34H45N3O2S. The lowest BCUT2D eigenvalue weighted by molar-refractivity contribution is 0.0737.